The van der Waals surface area contributed by atoms with Crippen molar-refractivity contribution < 1.29 is 19.1 Å². The van der Waals surface area contributed by atoms with Crippen molar-refractivity contribution in [2.75, 3.05) is 32.8 Å². The molecule has 0 saturated heterocycles. The summed E-state index contributed by atoms with van der Waals surface area (Å²) in [6, 6.07) is 20.7. The molecule has 3 aromatic carbocycles. The summed E-state index contributed by atoms with van der Waals surface area (Å²) in [7, 11) is 4.97. The van der Waals surface area contributed by atoms with Gasteiger partial charge in [-0.25, -0.2) is 4.79 Å². The lowest BCUT2D eigenvalue weighted by molar-refractivity contribution is 0.0600. The van der Waals surface area contributed by atoms with E-state index < -0.39 is 0 Å². The molecule has 1 aliphatic rings. The lowest BCUT2D eigenvalue weighted by Gasteiger charge is -2.36. The SMILES string of the molecule is COC(=O)c1ccc(CN2CN(C)c3ccc(C#CCc4ccc(OC)cc4)cc3C2=O)cc1. The number of nitrogens with zero attached hydrogens (tertiary/aromatic N) is 2. The van der Waals surface area contributed by atoms with Crippen LogP contribution in [0.5, 0.6) is 5.75 Å². The zero-order chi connectivity index (χ0) is 24.1. The Hall–Kier alpha value is -4.24. The van der Waals surface area contributed by atoms with Crippen molar-refractivity contribution in [3.05, 3.63) is 94.5 Å². The van der Waals surface area contributed by atoms with Gasteiger partial charge >= 0.3 is 5.97 Å². The predicted octanol–water partition coefficient (Wildman–Crippen LogP) is 4.13. The molecular weight excluding hydrogens is 428 g/mol. The van der Waals surface area contributed by atoms with Gasteiger partial charge in [0.25, 0.3) is 5.91 Å². The Kier molecular flexibility index (Phi) is 6.84. The molecule has 0 bridgehead atoms. The van der Waals surface area contributed by atoms with E-state index in [1.54, 1.807) is 24.1 Å². The Balaban J connectivity index is 1.48. The van der Waals surface area contributed by atoms with Crippen LogP contribution in [0.4, 0.5) is 5.69 Å². The smallest absolute Gasteiger partial charge is 0.337 e. The Labute approximate surface area is 199 Å². The molecule has 172 valence electrons. The van der Waals surface area contributed by atoms with Crippen molar-refractivity contribution in [2.45, 2.75) is 13.0 Å². The Morgan fingerprint density at radius 2 is 1.68 bits per heavy atom. The van der Waals surface area contributed by atoms with Crippen molar-refractivity contribution in [1.82, 2.24) is 4.90 Å². The summed E-state index contributed by atoms with van der Waals surface area (Å²) in [5.74, 6) is 6.77. The van der Waals surface area contributed by atoms with Crippen LogP contribution in [0.1, 0.15) is 37.4 Å². The number of esters is 1. The molecule has 0 unspecified atom stereocenters. The highest BCUT2D eigenvalue weighted by Crippen LogP contribution is 2.28. The molecule has 6 heteroatoms. The number of carbonyl (C=O) groups is 2. The van der Waals surface area contributed by atoms with E-state index in [9.17, 15) is 9.59 Å². The second kappa shape index (κ2) is 10.1. The summed E-state index contributed by atoms with van der Waals surface area (Å²) in [4.78, 5) is 28.7. The maximum Gasteiger partial charge on any atom is 0.337 e. The first-order valence-corrected chi connectivity index (χ1v) is 10.9. The minimum absolute atomic E-state index is 0.0380. The third kappa shape index (κ3) is 5.05. The van der Waals surface area contributed by atoms with Gasteiger partial charge in [-0.3, -0.25) is 4.79 Å². The standard InChI is InChI=1S/C28H26N2O4/c1-29-19-30(18-22-7-12-23(13-8-22)28(32)34-3)27(31)25-17-21(11-16-26(25)29)6-4-5-20-9-14-24(33-2)15-10-20/h7-17H,5,18-19H2,1-3H3. The third-order valence-corrected chi connectivity index (χ3v) is 5.74. The molecule has 0 atom stereocenters. The Morgan fingerprint density at radius 1 is 0.971 bits per heavy atom. The highest BCUT2D eigenvalue weighted by atomic mass is 16.5. The molecule has 0 N–H and O–H groups in total. The summed E-state index contributed by atoms with van der Waals surface area (Å²) in [5, 5.41) is 0. The van der Waals surface area contributed by atoms with Gasteiger partial charge in [0.15, 0.2) is 0 Å². The number of methoxy groups -OCH3 is 2. The fourth-order valence-electron chi connectivity index (χ4n) is 3.88. The minimum atomic E-state index is -0.380. The molecule has 0 fully saturated rings. The zero-order valence-corrected chi connectivity index (χ0v) is 19.5. The van der Waals surface area contributed by atoms with Crippen molar-refractivity contribution in [3.8, 4) is 17.6 Å². The lowest BCUT2D eigenvalue weighted by atomic mass is 10.0. The second-order valence-electron chi connectivity index (χ2n) is 8.09. The third-order valence-electron chi connectivity index (χ3n) is 5.74. The van der Waals surface area contributed by atoms with E-state index in [2.05, 4.69) is 11.8 Å². The first kappa shape index (κ1) is 22.9. The largest absolute Gasteiger partial charge is 0.497 e. The van der Waals surface area contributed by atoms with Crippen LogP contribution in [0.3, 0.4) is 0 Å². The molecular formula is C28H26N2O4. The number of hydrogen-bond donors (Lipinski definition) is 0. The number of fused-ring (bicyclic) bond motifs is 1. The summed E-state index contributed by atoms with van der Waals surface area (Å²) in [5.41, 5.74) is 4.86. The van der Waals surface area contributed by atoms with E-state index >= 15 is 0 Å². The molecule has 0 aliphatic carbocycles. The average molecular weight is 455 g/mol. The van der Waals surface area contributed by atoms with E-state index in [0.29, 0.717) is 30.8 Å². The number of anilines is 1. The highest BCUT2D eigenvalue weighted by Gasteiger charge is 2.27. The van der Waals surface area contributed by atoms with Gasteiger partial charge in [-0.15, -0.1) is 0 Å². The molecule has 1 amide bonds. The Bertz CT molecular complexity index is 1250. The number of rotatable bonds is 5. The summed E-state index contributed by atoms with van der Waals surface area (Å²) < 4.78 is 9.93. The van der Waals surface area contributed by atoms with Crippen molar-refractivity contribution >= 4 is 17.6 Å². The first-order chi connectivity index (χ1) is 16.5. The summed E-state index contributed by atoms with van der Waals surface area (Å²) >= 11 is 0. The van der Waals surface area contributed by atoms with E-state index in [1.807, 2.05) is 66.5 Å². The molecule has 0 radical (unpaired) electrons. The normalized spacial score (nSPS) is 12.5. The van der Waals surface area contributed by atoms with Gasteiger partial charge in [0, 0.05) is 25.6 Å². The summed E-state index contributed by atoms with van der Waals surface area (Å²) in [6.07, 6.45) is 0.614. The van der Waals surface area contributed by atoms with Crippen LogP contribution in [0.15, 0.2) is 66.7 Å². The van der Waals surface area contributed by atoms with Gasteiger partial charge in [-0.1, -0.05) is 36.1 Å². The maximum atomic E-state index is 13.3. The molecule has 34 heavy (non-hydrogen) atoms. The van der Waals surface area contributed by atoms with Crippen LogP contribution in [-0.4, -0.2) is 44.7 Å². The van der Waals surface area contributed by atoms with Gasteiger partial charge in [0.05, 0.1) is 37.7 Å². The fraction of sp³-hybridized carbons (Fsp3) is 0.214. The van der Waals surface area contributed by atoms with Crippen LogP contribution in [0.2, 0.25) is 0 Å². The van der Waals surface area contributed by atoms with Gasteiger partial charge in [0.2, 0.25) is 0 Å². The number of amides is 1. The maximum absolute atomic E-state index is 13.3. The topological polar surface area (TPSA) is 59.1 Å². The van der Waals surface area contributed by atoms with Crippen LogP contribution >= 0.6 is 0 Å². The minimum Gasteiger partial charge on any atom is -0.497 e. The van der Waals surface area contributed by atoms with E-state index in [-0.39, 0.29) is 11.9 Å². The molecule has 1 aliphatic heterocycles. The van der Waals surface area contributed by atoms with Crippen molar-refractivity contribution in [3.63, 3.8) is 0 Å². The Morgan fingerprint density at radius 3 is 2.35 bits per heavy atom. The van der Waals surface area contributed by atoms with E-state index in [0.717, 1.165) is 28.1 Å². The number of benzene rings is 3. The van der Waals surface area contributed by atoms with Gasteiger partial charge in [0.1, 0.15) is 5.75 Å². The number of carbonyl (C=O) groups excluding carboxylic acids is 2. The quantitative estimate of drug-likeness (QED) is 0.429. The molecule has 3 aromatic rings. The molecule has 0 spiro atoms. The van der Waals surface area contributed by atoms with Crippen molar-refractivity contribution in [1.29, 1.82) is 0 Å². The number of hydrogen-bond acceptors (Lipinski definition) is 5. The molecule has 1 heterocycles. The second-order valence-corrected chi connectivity index (χ2v) is 8.09. The van der Waals surface area contributed by atoms with Gasteiger partial charge in [-0.05, 0) is 53.6 Å². The van der Waals surface area contributed by atoms with E-state index in [1.165, 1.54) is 7.11 Å². The average Bonchev–Trinajstić information content (AvgIpc) is 2.87. The van der Waals surface area contributed by atoms with Gasteiger partial charge < -0.3 is 19.3 Å². The van der Waals surface area contributed by atoms with Crippen LogP contribution in [0, 0.1) is 11.8 Å². The van der Waals surface area contributed by atoms with Crippen molar-refractivity contribution in [2.24, 2.45) is 0 Å². The predicted molar refractivity (Wildman–Crippen MR) is 131 cm³/mol. The monoisotopic (exact) mass is 454 g/mol. The fourth-order valence-corrected chi connectivity index (χ4v) is 3.88. The van der Waals surface area contributed by atoms with Gasteiger partial charge in [-0.2, -0.15) is 0 Å². The lowest BCUT2D eigenvalue weighted by Crippen LogP contribution is -2.44. The van der Waals surface area contributed by atoms with Crippen LogP contribution < -0.4 is 9.64 Å². The van der Waals surface area contributed by atoms with Crippen LogP contribution in [-0.2, 0) is 17.7 Å². The summed E-state index contributed by atoms with van der Waals surface area (Å²) in [6.45, 7) is 0.921. The molecule has 0 saturated carbocycles. The zero-order valence-electron chi connectivity index (χ0n) is 19.5. The molecule has 4 rings (SSSR count). The first-order valence-electron chi connectivity index (χ1n) is 10.9. The highest BCUT2D eigenvalue weighted by molar-refractivity contribution is 6.02. The molecule has 6 nitrogen and oxygen atoms in total. The number of ether oxygens (including phenoxy) is 2. The van der Waals surface area contributed by atoms with Crippen LogP contribution in [0.25, 0.3) is 0 Å². The molecule has 0 aromatic heterocycles. The van der Waals surface area contributed by atoms with E-state index in [4.69, 9.17) is 9.47 Å².